The van der Waals surface area contributed by atoms with Crippen molar-refractivity contribution >= 4 is 40.1 Å². The van der Waals surface area contributed by atoms with Gasteiger partial charge in [0.1, 0.15) is 17.0 Å². The van der Waals surface area contributed by atoms with Crippen molar-refractivity contribution < 1.29 is 14.3 Å². The highest BCUT2D eigenvalue weighted by Gasteiger charge is 2.24. The van der Waals surface area contributed by atoms with Gasteiger partial charge in [0.2, 0.25) is 0 Å². The number of thiophene rings is 1. The molecule has 6 nitrogen and oxygen atoms in total. The zero-order valence-corrected chi connectivity index (χ0v) is 20.0. The van der Waals surface area contributed by atoms with Crippen LogP contribution in [0.25, 0.3) is 28.2 Å². The number of hydrogen-bond donors (Lipinski definition) is 1. The second kappa shape index (κ2) is 10.2. The Hall–Kier alpha value is -4.46. The van der Waals surface area contributed by atoms with Crippen molar-refractivity contribution in [2.45, 2.75) is 20.3 Å². The number of hydrogen-bond acceptors (Lipinski definition) is 6. The summed E-state index contributed by atoms with van der Waals surface area (Å²) in [7, 11) is 0. The number of ether oxygens (including phenoxy) is 1. The lowest BCUT2D eigenvalue weighted by atomic mass is 9.99. The minimum absolute atomic E-state index is 0.0282. The Labute approximate surface area is 206 Å². The van der Waals surface area contributed by atoms with Crippen LogP contribution < -0.4 is 0 Å². The number of nitrogens with one attached hydrogen (secondary N) is 1. The van der Waals surface area contributed by atoms with Crippen LogP contribution in [0.2, 0.25) is 0 Å². The van der Waals surface area contributed by atoms with Gasteiger partial charge in [0.25, 0.3) is 0 Å². The average molecular weight is 480 g/mol. The number of fused-ring (bicyclic) bond motifs is 1. The number of nitriles is 2. The summed E-state index contributed by atoms with van der Waals surface area (Å²) >= 11 is 1.06. The molecule has 2 aromatic heterocycles. The summed E-state index contributed by atoms with van der Waals surface area (Å²) in [6, 6.07) is 21.5. The number of carbonyl (C=O) groups excluding carboxylic acids is 2. The first kappa shape index (κ1) is 23.7. The summed E-state index contributed by atoms with van der Waals surface area (Å²) in [5, 5.41) is 20.4. The third kappa shape index (κ3) is 4.63. The van der Waals surface area contributed by atoms with Crippen LogP contribution in [-0.4, -0.2) is 23.3 Å². The number of aromatic amines is 1. The van der Waals surface area contributed by atoms with Crippen LogP contribution >= 0.6 is 11.3 Å². The largest absolute Gasteiger partial charge is 0.462 e. The van der Waals surface area contributed by atoms with E-state index in [0.717, 1.165) is 39.1 Å². The molecule has 0 radical (unpaired) electrons. The number of allylic oxidation sites excluding steroid dienone is 1. The van der Waals surface area contributed by atoms with Crippen LogP contribution in [0.5, 0.6) is 0 Å². The van der Waals surface area contributed by atoms with Crippen LogP contribution in [-0.2, 0) is 16.0 Å². The summed E-state index contributed by atoms with van der Waals surface area (Å²) in [6.45, 7) is 3.57. The van der Waals surface area contributed by atoms with E-state index in [0.29, 0.717) is 15.3 Å². The summed E-state index contributed by atoms with van der Waals surface area (Å²) in [5.41, 5.74) is 4.11. The van der Waals surface area contributed by atoms with Gasteiger partial charge in [-0.25, -0.2) is 4.79 Å². The van der Waals surface area contributed by atoms with E-state index < -0.39 is 11.8 Å². The van der Waals surface area contributed by atoms with Gasteiger partial charge in [-0.3, -0.25) is 4.79 Å². The van der Waals surface area contributed by atoms with Gasteiger partial charge in [-0.05, 0) is 37.1 Å². The van der Waals surface area contributed by atoms with Crippen molar-refractivity contribution in [3.05, 3.63) is 86.6 Å². The number of ketones is 1. The van der Waals surface area contributed by atoms with E-state index in [9.17, 15) is 20.1 Å². The molecule has 0 bridgehead atoms. The Morgan fingerprint density at radius 3 is 2.49 bits per heavy atom. The van der Waals surface area contributed by atoms with Crippen LogP contribution in [0.15, 0.2) is 60.2 Å². The third-order valence-electron chi connectivity index (χ3n) is 5.63. The summed E-state index contributed by atoms with van der Waals surface area (Å²) in [5.74, 6) is -0.947. The molecule has 0 aliphatic carbocycles. The molecule has 0 saturated carbocycles. The first-order valence-corrected chi connectivity index (χ1v) is 11.8. The maximum atomic E-state index is 13.2. The smallest absolute Gasteiger partial charge is 0.348 e. The SMILES string of the molecule is CCOC(=O)c1sc(CC(=O)C(C#N)=Cc2c(-c3ccccc3)[nH]c3ccccc23)c(C#N)c1C. The van der Waals surface area contributed by atoms with Crippen molar-refractivity contribution in [1.29, 1.82) is 10.5 Å². The predicted molar refractivity (Wildman–Crippen MR) is 136 cm³/mol. The van der Waals surface area contributed by atoms with Crippen molar-refractivity contribution in [3.63, 3.8) is 0 Å². The molecule has 0 aliphatic rings. The molecule has 2 heterocycles. The number of Topliss-reactive ketones (excluding diaryl/α,β-unsaturated/α-hetero) is 1. The Kier molecular flexibility index (Phi) is 6.91. The van der Waals surface area contributed by atoms with Crippen molar-refractivity contribution in [1.82, 2.24) is 4.98 Å². The number of rotatable bonds is 7. The zero-order chi connectivity index (χ0) is 24.9. The molecular formula is C28H21N3O3S. The fraction of sp³-hybridized carbons (Fsp3) is 0.143. The summed E-state index contributed by atoms with van der Waals surface area (Å²) in [6.07, 6.45) is 1.44. The monoisotopic (exact) mass is 479 g/mol. The molecule has 0 atom stereocenters. The van der Waals surface area contributed by atoms with E-state index in [4.69, 9.17) is 4.74 Å². The Balaban J connectivity index is 1.75. The van der Waals surface area contributed by atoms with Crippen LogP contribution in [0.1, 0.15) is 38.2 Å². The molecule has 172 valence electrons. The fourth-order valence-corrected chi connectivity index (χ4v) is 5.09. The number of esters is 1. The lowest BCUT2D eigenvalue weighted by Crippen LogP contribution is -2.05. The van der Waals surface area contributed by atoms with Gasteiger partial charge < -0.3 is 9.72 Å². The summed E-state index contributed by atoms with van der Waals surface area (Å²) < 4.78 is 5.07. The molecule has 4 rings (SSSR count). The molecule has 0 saturated heterocycles. The van der Waals surface area contributed by atoms with Gasteiger partial charge in [-0.2, -0.15) is 10.5 Å². The highest BCUT2D eigenvalue weighted by molar-refractivity contribution is 7.14. The molecule has 0 aliphatic heterocycles. The standard InChI is InChI=1S/C28H21N3O3S/c1-3-34-28(33)27-17(2)22(16-30)25(35-27)14-24(32)19(15-29)13-21-20-11-7-8-12-23(20)31-26(21)18-9-5-4-6-10-18/h4-13,31H,3,14H2,1-2H3. The van der Waals surface area contributed by atoms with E-state index >= 15 is 0 Å². The van der Waals surface area contributed by atoms with Crippen LogP contribution in [0.4, 0.5) is 0 Å². The molecular weight excluding hydrogens is 458 g/mol. The maximum absolute atomic E-state index is 13.2. The Bertz CT molecular complexity index is 1550. The molecule has 0 amide bonds. The highest BCUT2D eigenvalue weighted by atomic mass is 32.1. The Morgan fingerprint density at radius 2 is 1.80 bits per heavy atom. The molecule has 2 aromatic carbocycles. The zero-order valence-electron chi connectivity index (χ0n) is 19.2. The minimum Gasteiger partial charge on any atom is -0.462 e. The van der Waals surface area contributed by atoms with E-state index in [2.05, 4.69) is 11.1 Å². The van der Waals surface area contributed by atoms with Gasteiger partial charge in [0.05, 0.1) is 23.4 Å². The number of nitrogens with zero attached hydrogens (tertiary/aromatic N) is 2. The van der Waals surface area contributed by atoms with E-state index in [1.165, 1.54) is 0 Å². The predicted octanol–water partition coefficient (Wildman–Crippen LogP) is 5.97. The molecule has 0 unspecified atom stereocenters. The second-order valence-electron chi connectivity index (χ2n) is 7.78. The number of para-hydroxylation sites is 1. The van der Waals surface area contributed by atoms with Gasteiger partial charge in [0.15, 0.2) is 5.78 Å². The van der Waals surface area contributed by atoms with Crippen molar-refractivity contribution in [3.8, 4) is 23.4 Å². The first-order chi connectivity index (χ1) is 17.0. The Morgan fingerprint density at radius 1 is 1.09 bits per heavy atom. The van der Waals surface area contributed by atoms with Gasteiger partial charge >= 0.3 is 5.97 Å². The molecule has 0 fully saturated rings. The fourth-order valence-electron chi connectivity index (χ4n) is 3.94. The van der Waals surface area contributed by atoms with E-state index in [1.807, 2.05) is 60.7 Å². The lowest BCUT2D eigenvalue weighted by Gasteiger charge is -2.03. The third-order valence-corrected chi connectivity index (χ3v) is 6.90. The molecule has 4 aromatic rings. The number of benzene rings is 2. The number of H-pyrrole nitrogens is 1. The topological polar surface area (TPSA) is 107 Å². The maximum Gasteiger partial charge on any atom is 0.348 e. The van der Waals surface area contributed by atoms with Gasteiger partial charge in [-0.15, -0.1) is 11.3 Å². The molecule has 0 spiro atoms. The molecule has 1 N–H and O–H groups in total. The minimum atomic E-state index is -0.521. The molecule has 7 heteroatoms. The van der Waals surface area contributed by atoms with E-state index in [-0.39, 0.29) is 24.2 Å². The second-order valence-corrected chi connectivity index (χ2v) is 8.89. The lowest BCUT2D eigenvalue weighted by molar-refractivity contribution is -0.114. The number of aromatic nitrogens is 1. The average Bonchev–Trinajstić information content (AvgIpc) is 3.40. The normalized spacial score (nSPS) is 11.1. The van der Waals surface area contributed by atoms with E-state index in [1.54, 1.807) is 19.9 Å². The summed E-state index contributed by atoms with van der Waals surface area (Å²) in [4.78, 5) is 29.6. The van der Waals surface area contributed by atoms with Gasteiger partial charge in [0, 0.05) is 27.8 Å². The van der Waals surface area contributed by atoms with Crippen molar-refractivity contribution in [2.24, 2.45) is 0 Å². The van der Waals surface area contributed by atoms with Crippen LogP contribution in [0, 0.1) is 29.6 Å². The first-order valence-electron chi connectivity index (χ1n) is 11.0. The highest BCUT2D eigenvalue weighted by Crippen LogP contribution is 2.33. The van der Waals surface area contributed by atoms with Crippen molar-refractivity contribution in [2.75, 3.05) is 6.61 Å². The quantitative estimate of drug-likeness (QED) is 0.200. The number of carbonyl (C=O) groups is 2. The molecule has 35 heavy (non-hydrogen) atoms. The van der Waals surface area contributed by atoms with Gasteiger partial charge in [-0.1, -0.05) is 48.5 Å². The van der Waals surface area contributed by atoms with Crippen LogP contribution in [0.3, 0.4) is 0 Å².